The lowest BCUT2D eigenvalue weighted by molar-refractivity contribution is 0.669. The SMILES string of the molecule is [2H]c1c([2H])c([2H])c(-c2ccccc2-c2c3ccccc3c(-c3c([2H])c([2H])c4c(oc5c([2H])c([2H])c([2H])c(-c6ccccc6)c54)c3[2H])c3ccccc23)c([2H])c1[2H]. The van der Waals surface area contributed by atoms with Crippen LogP contribution in [0.5, 0.6) is 0 Å². The summed E-state index contributed by atoms with van der Waals surface area (Å²) in [6.07, 6.45) is 0. The topological polar surface area (TPSA) is 13.1 Å². The third-order valence-corrected chi connectivity index (χ3v) is 8.28. The molecule has 0 radical (unpaired) electrons. The van der Waals surface area contributed by atoms with Crippen molar-refractivity contribution in [1.82, 2.24) is 0 Å². The second kappa shape index (κ2) is 10.4. The van der Waals surface area contributed by atoms with Gasteiger partial charge >= 0.3 is 0 Å². The van der Waals surface area contributed by atoms with Crippen molar-refractivity contribution in [2.75, 3.05) is 0 Å². The number of rotatable bonds is 4. The van der Waals surface area contributed by atoms with Crippen LogP contribution in [0.3, 0.4) is 0 Å². The molecule has 0 spiro atoms. The highest BCUT2D eigenvalue weighted by atomic mass is 16.3. The van der Waals surface area contributed by atoms with Crippen molar-refractivity contribution < 1.29 is 19.5 Å². The lowest BCUT2D eigenvalue weighted by atomic mass is 9.84. The summed E-state index contributed by atoms with van der Waals surface area (Å²) in [5, 5.41) is 3.05. The van der Waals surface area contributed by atoms with E-state index in [1.165, 1.54) is 0 Å². The Morgan fingerprint density at radius 3 is 1.71 bits per heavy atom. The minimum atomic E-state index is -0.482. The van der Waals surface area contributed by atoms with Gasteiger partial charge in [-0.15, -0.1) is 0 Å². The maximum Gasteiger partial charge on any atom is 0.136 e. The fourth-order valence-electron chi connectivity index (χ4n) is 6.39. The molecule has 1 aromatic heterocycles. The first-order valence-electron chi connectivity index (χ1n) is 20.1. The van der Waals surface area contributed by atoms with E-state index < -0.39 is 18.1 Å². The Hall–Kier alpha value is -5.92. The molecule has 45 heavy (non-hydrogen) atoms. The summed E-state index contributed by atoms with van der Waals surface area (Å²) in [6.45, 7) is 0. The quantitative estimate of drug-likeness (QED) is 0.188. The van der Waals surface area contributed by atoms with Crippen LogP contribution in [0.1, 0.15) is 15.1 Å². The number of hydrogen-bond donors (Lipinski definition) is 0. The van der Waals surface area contributed by atoms with Crippen molar-refractivity contribution >= 4 is 43.5 Å². The number of furan rings is 1. The van der Waals surface area contributed by atoms with Gasteiger partial charge in [0.2, 0.25) is 0 Å². The molecule has 0 amide bonds. The lowest BCUT2D eigenvalue weighted by Gasteiger charge is -2.19. The molecule has 0 unspecified atom stereocenters. The molecule has 0 fully saturated rings. The molecular formula is C44H28O. The second-order valence-corrected chi connectivity index (χ2v) is 10.8. The Morgan fingerprint density at radius 2 is 1.00 bits per heavy atom. The first kappa shape index (κ1) is 16.8. The molecule has 0 N–H and O–H groups in total. The van der Waals surface area contributed by atoms with E-state index in [1.54, 1.807) is 36.4 Å². The Morgan fingerprint density at radius 1 is 0.378 bits per heavy atom. The smallest absolute Gasteiger partial charge is 0.136 e. The maximum absolute atomic E-state index is 9.67. The summed E-state index contributed by atoms with van der Waals surface area (Å²) in [4.78, 5) is 0. The normalized spacial score (nSPS) is 15.0. The van der Waals surface area contributed by atoms with Crippen LogP contribution in [0.25, 0.3) is 88.0 Å². The van der Waals surface area contributed by atoms with Crippen molar-refractivity contribution in [2.24, 2.45) is 0 Å². The Balaban J connectivity index is 1.41. The highest BCUT2D eigenvalue weighted by molar-refractivity contribution is 6.23. The van der Waals surface area contributed by atoms with E-state index >= 15 is 0 Å². The molecule has 8 aromatic carbocycles. The Labute approximate surface area is 277 Å². The number of benzene rings is 8. The monoisotopic (exact) mass is 583 g/mol. The average molecular weight is 584 g/mol. The van der Waals surface area contributed by atoms with Crippen LogP contribution in [0.4, 0.5) is 0 Å². The Bertz CT molecular complexity index is 3070. The molecule has 0 saturated heterocycles. The van der Waals surface area contributed by atoms with Crippen molar-refractivity contribution in [1.29, 1.82) is 0 Å². The third kappa shape index (κ3) is 4.09. The van der Waals surface area contributed by atoms with Gasteiger partial charge < -0.3 is 4.42 Å². The molecule has 1 heterocycles. The summed E-state index contributed by atoms with van der Waals surface area (Å²) in [6, 6.07) is 27.4. The molecule has 9 aromatic rings. The van der Waals surface area contributed by atoms with Crippen molar-refractivity contribution in [3.8, 4) is 44.5 Å². The summed E-state index contributed by atoms with van der Waals surface area (Å²) >= 11 is 0. The molecule has 210 valence electrons. The van der Waals surface area contributed by atoms with E-state index in [4.69, 9.17) is 15.4 Å². The average Bonchev–Trinajstić information content (AvgIpc) is 3.62. The zero-order valence-corrected chi connectivity index (χ0v) is 23.7. The number of hydrogen-bond acceptors (Lipinski definition) is 1. The first-order chi connectivity index (χ1) is 26.9. The lowest BCUT2D eigenvalue weighted by Crippen LogP contribution is -1.92. The van der Waals surface area contributed by atoms with Crippen molar-refractivity contribution in [3.63, 3.8) is 0 Å². The third-order valence-electron chi connectivity index (χ3n) is 8.28. The van der Waals surface area contributed by atoms with Gasteiger partial charge in [-0.05, 0) is 84.2 Å². The zero-order valence-electron chi connectivity index (χ0n) is 34.7. The predicted molar refractivity (Wildman–Crippen MR) is 190 cm³/mol. The fraction of sp³-hybridized carbons (Fsp3) is 0. The van der Waals surface area contributed by atoms with Gasteiger partial charge in [-0.25, -0.2) is 0 Å². The minimum Gasteiger partial charge on any atom is -0.456 e. The van der Waals surface area contributed by atoms with Crippen LogP contribution in [-0.4, -0.2) is 0 Å². The largest absolute Gasteiger partial charge is 0.456 e. The molecule has 0 aliphatic heterocycles. The van der Waals surface area contributed by atoms with Gasteiger partial charge in [0.25, 0.3) is 0 Å². The molecule has 0 aliphatic rings. The highest BCUT2D eigenvalue weighted by Crippen LogP contribution is 2.47. The van der Waals surface area contributed by atoms with Crippen molar-refractivity contribution in [2.45, 2.75) is 0 Å². The second-order valence-electron chi connectivity index (χ2n) is 10.8. The molecule has 1 heteroatoms. The van der Waals surface area contributed by atoms with Crippen LogP contribution in [-0.2, 0) is 0 Å². The maximum atomic E-state index is 9.67. The molecule has 0 saturated carbocycles. The van der Waals surface area contributed by atoms with Crippen LogP contribution in [0, 0.1) is 0 Å². The van der Waals surface area contributed by atoms with Crippen molar-refractivity contribution in [3.05, 3.63) is 170 Å². The summed E-state index contributed by atoms with van der Waals surface area (Å²) in [5.74, 6) is 0. The fourth-order valence-corrected chi connectivity index (χ4v) is 6.39. The molecule has 0 bridgehead atoms. The van der Waals surface area contributed by atoms with Gasteiger partial charge in [-0.3, -0.25) is 0 Å². The molecule has 1 nitrogen and oxygen atoms in total. The van der Waals surface area contributed by atoms with Gasteiger partial charge in [-0.2, -0.15) is 0 Å². The van der Waals surface area contributed by atoms with Gasteiger partial charge in [0.1, 0.15) is 11.2 Å². The van der Waals surface area contributed by atoms with Gasteiger partial charge in [0.05, 0.1) is 15.1 Å². The van der Waals surface area contributed by atoms with Gasteiger partial charge in [0, 0.05) is 10.8 Å². The zero-order chi connectivity index (χ0) is 39.3. The summed E-state index contributed by atoms with van der Waals surface area (Å²) in [7, 11) is 0. The van der Waals surface area contributed by atoms with E-state index in [0.29, 0.717) is 54.9 Å². The number of fused-ring (bicyclic) bond motifs is 5. The highest BCUT2D eigenvalue weighted by Gasteiger charge is 2.20. The predicted octanol–water partition coefficient (Wildman–Crippen LogP) is 12.6. The Kier molecular flexibility index (Phi) is 3.87. The molecular weight excluding hydrogens is 544 g/mol. The van der Waals surface area contributed by atoms with Crippen LogP contribution in [0.15, 0.2) is 174 Å². The first-order valence-corrected chi connectivity index (χ1v) is 14.6. The van der Waals surface area contributed by atoms with Crippen LogP contribution < -0.4 is 0 Å². The summed E-state index contributed by atoms with van der Waals surface area (Å²) in [5.41, 5.74) is 3.27. The van der Waals surface area contributed by atoms with E-state index in [1.807, 2.05) is 66.7 Å². The van der Waals surface area contributed by atoms with Gasteiger partial charge in [0.15, 0.2) is 0 Å². The molecule has 0 aliphatic carbocycles. The van der Waals surface area contributed by atoms with E-state index in [2.05, 4.69) is 0 Å². The van der Waals surface area contributed by atoms with Crippen LogP contribution >= 0.6 is 0 Å². The summed E-state index contributed by atoms with van der Waals surface area (Å²) < 4.78 is 104. The van der Waals surface area contributed by atoms with Gasteiger partial charge in [-0.1, -0.05) is 151 Å². The van der Waals surface area contributed by atoms with Crippen LogP contribution in [0.2, 0.25) is 0 Å². The minimum absolute atomic E-state index is 0.0320. The van der Waals surface area contributed by atoms with E-state index in [9.17, 15) is 4.11 Å². The van der Waals surface area contributed by atoms with E-state index in [0.717, 1.165) is 0 Å². The van der Waals surface area contributed by atoms with E-state index in [-0.39, 0.29) is 81.4 Å². The standard InChI is InChI=1S/C44H28O/c1-3-14-29(15-4-1)32-18-7-8-19-34(32)43-37-22-11-9-20-35(37)42(36-21-10-12-23-38(36)43)31-26-27-39-41(28-31)45-40-25-13-24-33(44(39)40)30-16-5-2-6-17-30/h1-28H/i1D,3D,4D,13D,14D,15D,24D,25D,26D,27D,28D. The molecule has 0 atom stereocenters. The molecule has 9 rings (SSSR count).